The minimum absolute atomic E-state index is 0.166. The third-order valence-electron chi connectivity index (χ3n) is 5.16. The number of carbonyl (C=O) groups excluding carboxylic acids is 1. The van der Waals surface area contributed by atoms with Crippen molar-refractivity contribution >= 4 is 23.3 Å². The van der Waals surface area contributed by atoms with E-state index in [9.17, 15) is 4.79 Å². The maximum atomic E-state index is 12.3. The number of carbonyl (C=O) groups is 1. The molecule has 1 aliphatic carbocycles. The van der Waals surface area contributed by atoms with Gasteiger partial charge in [-0.05, 0) is 43.7 Å². The Morgan fingerprint density at radius 1 is 1.25 bits per heavy atom. The van der Waals surface area contributed by atoms with Crippen molar-refractivity contribution in [3.05, 3.63) is 23.4 Å². The van der Waals surface area contributed by atoms with E-state index in [4.69, 9.17) is 11.6 Å². The van der Waals surface area contributed by atoms with Crippen molar-refractivity contribution in [2.75, 3.05) is 37.6 Å². The van der Waals surface area contributed by atoms with Crippen LogP contribution in [0.15, 0.2) is 18.3 Å². The van der Waals surface area contributed by atoms with Crippen LogP contribution < -0.4 is 10.2 Å². The smallest absolute Gasteiger partial charge is 0.234 e. The van der Waals surface area contributed by atoms with Gasteiger partial charge in [0.2, 0.25) is 5.91 Å². The number of halogens is 1. The Bertz CT molecular complexity index is 552. The van der Waals surface area contributed by atoms with E-state index in [0.29, 0.717) is 17.6 Å². The fourth-order valence-corrected chi connectivity index (χ4v) is 3.85. The second-order valence-corrected chi connectivity index (χ2v) is 7.50. The zero-order valence-electron chi connectivity index (χ0n) is 14.4. The highest BCUT2D eigenvalue weighted by Gasteiger charge is 2.23. The highest BCUT2D eigenvalue weighted by molar-refractivity contribution is 6.32. The first-order valence-corrected chi connectivity index (χ1v) is 9.37. The number of nitrogens with zero attached hydrogens (tertiary/aromatic N) is 3. The summed E-state index contributed by atoms with van der Waals surface area (Å²) in [6.07, 6.45) is 6.48. The molecule has 132 valence electrons. The fraction of sp³-hybridized carbons (Fsp3) is 0.667. The van der Waals surface area contributed by atoms with E-state index in [0.717, 1.165) is 50.8 Å². The van der Waals surface area contributed by atoms with Crippen LogP contribution in [-0.2, 0) is 4.79 Å². The van der Waals surface area contributed by atoms with Crippen molar-refractivity contribution in [3.63, 3.8) is 0 Å². The van der Waals surface area contributed by atoms with Crippen molar-refractivity contribution in [1.82, 2.24) is 15.2 Å². The summed E-state index contributed by atoms with van der Waals surface area (Å²) in [4.78, 5) is 21.0. The van der Waals surface area contributed by atoms with E-state index in [-0.39, 0.29) is 5.91 Å². The standard InChI is InChI=1S/C18H27ClN4O/c1-14-4-6-15(7-5-14)21-17(24)13-22-9-11-23(12-10-22)18-16(19)3-2-8-20-18/h2-3,8,14-15H,4-7,9-13H2,1H3,(H,21,24). The lowest BCUT2D eigenvalue weighted by Crippen LogP contribution is -2.51. The van der Waals surface area contributed by atoms with Gasteiger partial charge in [0.1, 0.15) is 5.82 Å². The summed E-state index contributed by atoms with van der Waals surface area (Å²) in [5, 5.41) is 3.90. The maximum absolute atomic E-state index is 12.3. The molecule has 1 N–H and O–H groups in total. The molecular weight excluding hydrogens is 324 g/mol. The summed E-state index contributed by atoms with van der Waals surface area (Å²) in [6.45, 7) is 6.22. The molecule has 2 heterocycles. The molecule has 2 aliphatic rings. The number of hydrogen-bond donors (Lipinski definition) is 1. The van der Waals surface area contributed by atoms with Crippen LogP contribution in [0.25, 0.3) is 0 Å². The van der Waals surface area contributed by atoms with E-state index in [1.54, 1.807) is 6.20 Å². The summed E-state index contributed by atoms with van der Waals surface area (Å²) in [7, 11) is 0. The molecule has 1 amide bonds. The van der Waals surface area contributed by atoms with Gasteiger partial charge in [-0.15, -0.1) is 0 Å². The molecule has 0 aromatic carbocycles. The molecule has 1 aliphatic heterocycles. The number of nitrogens with one attached hydrogen (secondary N) is 1. The van der Waals surface area contributed by atoms with Gasteiger partial charge in [-0.2, -0.15) is 0 Å². The predicted molar refractivity (Wildman–Crippen MR) is 97.5 cm³/mol. The fourth-order valence-electron chi connectivity index (χ4n) is 3.61. The molecule has 0 spiro atoms. The molecule has 0 unspecified atom stereocenters. The van der Waals surface area contributed by atoms with E-state index < -0.39 is 0 Å². The van der Waals surface area contributed by atoms with Gasteiger partial charge in [-0.25, -0.2) is 4.98 Å². The molecule has 1 saturated carbocycles. The summed E-state index contributed by atoms with van der Waals surface area (Å²) < 4.78 is 0. The van der Waals surface area contributed by atoms with Gasteiger partial charge in [0.15, 0.2) is 0 Å². The molecular formula is C18H27ClN4O. The van der Waals surface area contributed by atoms with Gasteiger partial charge in [-0.3, -0.25) is 9.69 Å². The second-order valence-electron chi connectivity index (χ2n) is 7.10. The summed E-state index contributed by atoms with van der Waals surface area (Å²) in [5.74, 6) is 1.82. The van der Waals surface area contributed by atoms with Crippen LogP contribution in [0.4, 0.5) is 5.82 Å². The zero-order chi connectivity index (χ0) is 16.9. The number of piperazine rings is 1. The normalized spacial score (nSPS) is 25.5. The lowest BCUT2D eigenvalue weighted by Gasteiger charge is -2.35. The highest BCUT2D eigenvalue weighted by Crippen LogP contribution is 2.24. The molecule has 0 radical (unpaired) electrons. The first-order chi connectivity index (χ1) is 11.6. The third kappa shape index (κ3) is 4.61. The molecule has 0 bridgehead atoms. The second kappa shape index (κ2) is 8.17. The van der Waals surface area contributed by atoms with Crippen molar-refractivity contribution in [2.24, 2.45) is 5.92 Å². The van der Waals surface area contributed by atoms with Crippen molar-refractivity contribution in [2.45, 2.75) is 38.6 Å². The van der Waals surface area contributed by atoms with Gasteiger partial charge in [0.25, 0.3) is 0 Å². The Morgan fingerprint density at radius 2 is 1.96 bits per heavy atom. The van der Waals surface area contributed by atoms with Crippen LogP contribution in [0, 0.1) is 5.92 Å². The SMILES string of the molecule is CC1CCC(NC(=O)CN2CCN(c3ncccc3Cl)CC2)CC1. The molecule has 0 atom stereocenters. The summed E-state index contributed by atoms with van der Waals surface area (Å²) in [5.41, 5.74) is 0. The molecule has 2 fully saturated rings. The van der Waals surface area contributed by atoms with Gasteiger partial charge in [-0.1, -0.05) is 18.5 Å². The highest BCUT2D eigenvalue weighted by atomic mass is 35.5. The Hall–Kier alpha value is -1.33. The average Bonchev–Trinajstić information content (AvgIpc) is 2.58. The summed E-state index contributed by atoms with van der Waals surface area (Å²) in [6, 6.07) is 4.09. The lowest BCUT2D eigenvalue weighted by molar-refractivity contribution is -0.123. The first kappa shape index (κ1) is 17.5. The minimum atomic E-state index is 0.166. The number of anilines is 1. The van der Waals surface area contributed by atoms with Crippen LogP contribution >= 0.6 is 11.6 Å². The lowest BCUT2D eigenvalue weighted by atomic mass is 9.87. The maximum Gasteiger partial charge on any atom is 0.234 e. The minimum Gasteiger partial charge on any atom is -0.353 e. The van der Waals surface area contributed by atoms with Crippen molar-refractivity contribution in [1.29, 1.82) is 0 Å². The van der Waals surface area contributed by atoms with Crippen LogP contribution in [0.1, 0.15) is 32.6 Å². The van der Waals surface area contributed by atoms with Crippen molar-refractivity contribution in [3.8, 4) is 0 Å². The molecule has 1 saturated heterocycles. The number of rotatable bonds is 4. The summed E-state index contributed by atoms with van der Waals surface area (Å²) >= 11 is 6.22. The number of amides is 1. The largest absolute Gasteiger partial charge is 0.353 e. The van der Waals surface area contributed by atoms with E-state index in [2.05, 4.69) is 27.0 Å². The van der Waals surface area contributed by atoms with Crippen LogP contribution in [-0.4, -0.2) is 54.6 Å². The molecule has 6 heteroatoms. The number of pyridine rings is 1. The molecule has 1 aromatic heterocycles. The van der Waals surface area contributed by atoms with Crippen LogP contribution in [0.5, 0.6) is 0 Å². The van der Waals surface area contributed by atoms with E-state index in [1.165, 1.54) is 12.8 Å². The van der Waals surface area contributed by atoms with E-state index >= 15 is 0 Å². The monoisotopic (exact) mass is 350 g/mol. The van der Waals surface area contributed by atoms with Gasteiger partial charge < -0.3 is 10.2 Å². The predicted octanol–water partition coefficient (Wildman–Crippen LogP) is 2.55. The molecule has 1 aromatic rings. The van der Waals surface area contributed by atoms with Gasteiger partial charge >= 0.3 is 0 Å². The van der Waals surface area contributed by atoms with Gasteiger partial charge in [0, 0.05) is 38.4 Å². The zero-order valence-corrected chi connectivity index (χ0v) is 15.1. The topological polar surface area (TPSA) is 48.5 Å². The average molecular weight is 351 g/mol. The molecule has 5 nitrogen and oxygen atoms in total. The molecule has 3 rings (SSSR count). The van der Waals surface area contributed by atoms with Crippen LogP contribution in [0.2, 0.25) is 5.02 Å². The molecule has 24 heavy (non-hydrogen) atoms. The van der Waals surface area contributed by atoms with Gasteiger partial charge in [0.05, 0.1) is 11.6 Å². The third-order valence-corrected chi connectivity index (χ3v) is 5.45. The Labute approximate surface area is 149 Å². The first-order valence-electron chi connectivity index (χ1n) is 8.99. The number of hydrogen-bond acceptors (Lipinski definition) is 4. The van der Waals surface area contributed by atoms with Crippen molar-refractivity contribution < 1.29 is 4.79 Å². The van der Waals surface area contributed by atoms with E-state index in [1.807, 2.05) is 12.1 Å². The van der Waals surface area contributed by atoms with Crippen LogP contribution in [0.3, 0.4) is 0 Å². The Balaban J connectivity index is 1.42. The Kier molecular flexibility index (Phi) is 5.95. The number of aromatic nitrogens is 1. The quantitative estimate of drug-likeness (QED) is 0.906. The Morgan fingerprint density at radius 3 is 2.62 bits per heavy atom.